The fourth-order valence-electron chi connectivity index (χ4n) is 1.96. The van der Waals surface area contributed by atoms with Gasteiger partial charge in [-0.15, -0.1) is 0 Å². The van der Waals surface area contributed by atoms with E-state index >= 15 is 0 Å². The van der Waals surface area contributed by atoms with Gasteiger partial charge in [-0.25, -0.2) is 12.8 Å². The van der Waals surface area contributed by atoms with Crippen LogP contribution in [-0.4, -0.2) is 25.3 Å². The molecular weight excluding hydrogens is 257 g/mol. The molecule has 1 aromatic rings. The van der Waals surface area contributed by atoms with Crippen LogP contribution in [0.2, 0.25) is 0 Å². The average Bonchev–Trinajstić information content (AvgIpc) is 2.61. The van der Waals surface area contributed by atoms with Gasteiger partial charge in [0.15, 0.2) is 9.84 Å². The third-order valence-corrected chi connectivity index (χ3v) is 4.25. The minimum atomic E-state index is -3.12. The Morgan fingerprint density at radius 1 is 1.50 bits per heavy atom. The first-order valence-electron chi connectivity index (χ1n) is 5.53. The summed E-state index contributed by atoms with van der Waals surface area (Å²) in [5.41, 5.74) is 0.410. The van der Waals surface area contributed by atoms with Gasteiger partial charge >= 0.3 is 0 Å². The minimum absolute atomic E-state index is 0.00653. The number of aromatic hydroxyl groups is 1. The van der Waals surface area contributed by atoms with Crippen LogP contribution in [0.3, 0.4) is 0 Å². The molecule has 0 radical (unpaired) electrons. The Morgan fingerprint density at radius 3 is 2.83 bits per heavy atom. The van der Waals surface area contributed by atoms with Gasteiger partial charge in [-0.2, -0.15) is 0 Å². The monoisotopic (exact) mass is 271 g/mol. The molecule has 0 saturated heterocycles. The quantitative estimate of drug-likeness (QED) is 0.874. The van der Waals surface area contributed by atoms with Crippen molar-refractivity contribution in [1.82, 2.24) is 5.32 Å². The molecule has 18 heavy (non-hydrogen) atoms. The van der Waals surface area contributed by atoms with Gasteiger partial charge < -0.3 is 10.4 Å². The lowest BCUT2D eigenvalue weighted by Gasteiger charge is -2.19. The summed E-state index contributed by atoms with van der Waals surface area (Å²) in [6, 6.07) is 3.03. The summed E-state index contributed by atoms with van der Waals surface area (Å²) in [6.45, 7) is 1.74. The molecular formula is C12H14FNO3S. The Labute approximate surface area is 105 Å². The molecule has 0 spiro atoms. The molecule has 1 aliphatic heterocycles. The third-order valence-electron chi connectivity index (χ3n) is 2.85. The molecule has 2 unspecified atom stereocenters. The second-order valence-electron chi connectivity index (χ2n) is 4.36. The van der Waals surface area contributed by atoms with Gasteiger partial charge in [-0.05, 0) is 25.1 Å². The van der Waals surface area contributed by atoms with Crippen molar-refractivity contribution in [2.24, 2.45) is 0 Å². The summed E-state index contributed by atoms with van der Waals surface area (Å²) in [6.07, 6.45) is 1.56. The molecule has 0 aromatic heterocycles. The van der Waals surface area contributed by atoms with Crippen molar-refractivity contribution in [3.05, 3.63) is 41.1 Å². The molecule has 2 rings (SSSR count). The lowest BCUT2D eigenvalue weighted by atomic mass is 10.1. The Balaban J connectivity index is 2.11. The minimum Gasteiger partial charge on any atom is -0.508 e. The molecule has 1 heterocycles. The summed E-state index contributed by atoms with van der Waals surface area (Å²) in [4.78, 5) is 0. The molecule has 6 heteroatoms. The topological polar surface area (TPSA) is 66.4 Å². The van der Waals surface area contributed by atoms with Crippen molar-refractivity contribution >= 4 is 9.84 Å². The van der Waals surface area contributed by atoms with Crippen molar-refractivity contribution in [2.45, 2.75) is 19.0 Å². The number of benzene rings is 1. The molecule has 1 aliphatic rings. The Hall–Kier alpha value is -1.40. The summed E-state index contributed by atoms with van der Waals surface area (Å²) in [5.74, 6) is -0.458. The molecule has 1 aromatic carbocycles. The van der Waals surface area contributed by atoms with Crippen LogP contribution in [0.5, 0.6) is 5.75 Å². The zero-order valence-corrected chi connectivity index (χ0v) is 10.6. The van der Waals surface area contributed by atoms with E-state index in [0.717, 1.165) is 0 Å². The SMILES string of the molecule is CC(NC1C=CS(=O)(=O)C1)c1cc(F)ccc1O. The largest absolute Gasteiger partial charge is 0.508 e. The smallest absolute Gasteiger partial charge is 0.173 e. The van der Waals surface area contributed by atoms with E-state index < -0.39 is 15.7 Å². The van der Waals surface area contributed by atoms with Gasteiger partial charge in [0.2, 0.25) is 0 Å². The first kappa shape index (κ1) is 13.0. The van der Waals surface area contributed by atoms with Crippen LogP contribution in [0.4, 0.5) is 4.39 Å². The average molecular weight is 271 g/mol. The number of phenolic OH excluding ortho intramolecular Hbond substituents is 1. The van der Waals surface area contributed by atoms with Gasteiger partial charge in [0.25, 0.3) is 0 Å². The van der Waals surface area contributed by atoms with E-state index in [1.54, 1.807) is 13.0 Å². The van der Waals surface area contributed by atoms with E-state index in [1.165, 1.54) is 23.6 Å². The second-order valence-corrected chi connectivity index (χ2v) is 6.29. The van der Waals surface area contributed by atoms with Gasteiger partial charge in [0.1, 0.15) is 11.6 Å². The van der Waals surface area contributed by atoms with E-state index in [1.807, 2.05) is 0 Å². The number of hydrogen-bond acceptors (Lipinski definition) is 4. The molecule has 0 saturated carbocycles. The number of hydrogen-bond donors (Lipinski definition) is 2. The highest BCUT2D eigenvalue weighted by Gasteiger charge is 2.23. The molecule has 98 valence electrons. The van der Waals surface area contributed by atoms with E-state index in [2.05, 4.69) is 5.32 Å². The van der Waals surface area contributed by atoms with E-state index in [9.17, 15) is 17.9 Å². The second kappa shape index (κ2) is 4.70. The molecule has 0 bridgehead atoms. The molecule has 4 nitrogen and oxygen atoms in total. The standard InChI is InChI=1S/C12H14FNO3S/c1-8(11-6-9(13)2-3-12(11)15)14-10-4-5-18(16,17)7-10/h2-6,8,10,14-15H,7H2,1H3. The zero-order chi connectivity index (χ0) is 13.3. The van der Waals surface area contributed by atoms with Crippen molar-refractivity contribution in [3.63, 3.8) is 0 Å². The summed E-state index contributed by atoms with van der Waals surface area (Å²) in [5, 5.41) is 13.8. The lowest BCUT2D eigenvalue weighted by molar-refractivity contribution is 0.445. The summed E-state index contributed by atoms with van der Waals surface area (Å²) < 4.78 is 35.6. The highest BCUT2D eigenvalue weighted by Crippen LogP contribution is 2.25. The number of halogens is 1. The van der Waals surface area contributed by atoms with Gasteiger partial charge in [0.05, 0.1) is 5.75 Å². The van der Waals surface area contributed by atoms with Crippen LogP contribution >= 0.6 is 0 Å². The maximum atomic E-state index is 13.1. The first-order valence-corrected chi connectivity index (χ1v) is 7.24. The van der Waals surface area contributed by atoms with Crippen LogP contribution in [0.1, 0.15) is 18.5 Å². The predicted molar refractivity (Wildman–Crippen MR) is 66.3 cm³/mol. The van der Waals surface area contributed by atoms with Crippen molar-refractivity contribution < 1.29 is 17.9 Å². The van der Waals surface area contributed by atoms with Crippen LogP contribution in [0, 0.1) is 5.82 Å². The highest BCUT2D eigenvalue weighted by molar-refractivity contribution is 7.94. The maximum absolute atomic E-state index is 13.1. The van der Waals surface area contributed by atoms with E-state index in [0.29, 0.717) is 5.56 Å². The number of rotatable bonds is 3. The first-order chi connectivity index (χ1) is 8.37. The van der Waals surface area contributed by atoms with Crippen molar-refractivity contribution in [2.75, 3.05) is 5.75 Å². The van der Waals surface area contributed by atoms with Crippen LogP contribution in [0.25, 0.3) is 0 Å². The summed E-state index contributed by atoms with van der Waals surface area (Å²) >= 11 is 0. The fourth-order valence-corrected chi connectivity index (χ4v) is 3.21. The van der Waals surface area contributed by atoms with Crippen molar-refractivity contribution in [3.8, 4) is 5.75 Å². The van der Waals surface area contributed by atoms with Crippen LogP contribution in [-0.2, 0) is 9.84 Å². The maximum Gasteiger partial charge on any atom is 0.173 e. The zero-order valence-electron chi connectivity index (χ0n) is 9.80. The van der Waals surface area contributed by atoms with Gasteiger partial charge in [0, 0.05) is 23.1 Å². The van der Waals surface area contributed by atoms with Crippen LogP contribution in [0.15, 0.2) is 29.7 Å². The van der Waals surface area contributed by atoms with Gasteiger partial charge in [-0.1, -0.05) is 6.08 Å². The molecule has 2 N–H and O–H groups in total. The molecule has 0 fully saturated rings. The van der Waals surface area contributed by atoms with Crippen LogP contribution < -0.4 is 5.32 Å². The third kappa shape index (κ3) is 2.88. The van der Waals surface area contributed by atoms with E-state index in [-0.39, 0.29) is 23.6 Å². The Morgan fingerprint density at radius 2 is 2.22 bits per heavy atom. The number of nitrogens with one attached hydrogen (secondary N) is 1. The summed E-state index contributed by atoms with van der Waals surface area (Å²) in [7, 11) is -3.12. The molecule has 0 amide bonds. The predicted octanol–water partition coefficient (Wildman–Crippen LogP) is 1.49. The number of sulfone groups is 1. The fraction of sp³-hybridized carbons (Fsp3) is 0.333. The lowest BCUT2D eigenvalue weighted by Crippen LogP contribution is -2.32. The molecule has 2 atom stereocenters. The normalized spacial score (nSPS) is 23.1. The van der Waals surface area contributed by atoms with Crippen molar-refractivity contribution in [1.29, 1.82) is 0 Å². The Bertz CT molecular complexity index is 583. The molecule has 0 aliphatic carbocycles. The number of phenols is 1. The van der Waals surface area contributed by atoms with E-state index in [4.69, 9.17) is 0 Å². The van der Waals surface area contributed by atoms with Gasteiger partial charge in [-0.3, -0.25) is 0 Å². The Kier molecular flexibility index (Phi) is 3.41. The highest BCUT2D eigenvalue weighted by atomic mass is 32.2.